The molecule has 0 unspecified atom stereocenters. The van der Waals surface area contributed by atoms with Crippen LogP contribution in [0.2, 0.25) is 0 Å². The van der Waals surface area contributed by atoms with Gasteiger partial charge in [-0.3, -0.25) is 0 Å². The molecule has 9 heteroatoms. The van der Waals surface area contributed by atoms with Crippen LogP contribution in [0.4, 0.5) is 5.82 Å². The molecule has 0 aliphatic heterocycles. The quantitative estimate of drug-likeness (QED) is 0.847. The van der Waals surface area contributed by atoms with Crippen molar-refractivity contribution in [2.45, 2.75) is 11.4 Å². The van der Waals surface area contributed by atoms with E-state index in [4.69, 9.17) is 0 Å². The van der Waals surface area contributed by atoms with Crippen molar-refractivity contribution in [2.75, 3.05) is 12.4 Å². The van der Waals surface area contributed by atoms with Gasteiger partial charge in [0, 0.05) is 29.3 Å². The fourth-order valence-corrected chi connectivity index (χ4v) is 3.69. The molecule has 0 radical (unpaired) electrons. The summed E-state index contributed by atoms with van der Waals surface area (Å²) in [6, 6.07) is 1.50. The number of rotatable bonds is 5. The molecule has 2 aromatic heterocycles. The lowest BCUT2D eigenvalue weighted by molar-refractivity contribution is 0.581. The summed E-state index contributed by atoms with van der Waals surface area (Å²) < 4.78 is 27.5. The molecule has 19 heavy (non-hydrogen) atoms. The van der Waals surface area contributed by atoms with Gasteiger partial charge in [-0.1, -0.05) is 0 Å². The highest BCUT2D eigenvalue weighted by Gasteiger charge is 2.19. The Morgan fingerprint density at radius 2 is 2.21 bits per heavy atom. The van der Waals surface area contributed by atoms with Gasteiger partial charge in [-0.25, -0.2) is 23.1 Å². The number of pyridine rings is 1. The minimum atomic E-state index is -3.64. The second-order valence-corrected chi connectivity index (χ2v) is 7.13. The minimum Gasteiger partial charge on any atom is -0.372 e. The Kier molecular flexibility index (Phi) is 4.50. The molecule has 0 aliphatic carbocycles. The van der Waals surface area contributed by atoms with Crippen molar-refractivity contribution in [3.8, 4) is 0 Å². The van der Waals surface area contributed by atoms with Crippen molar-refractivity contribution < 1.29 is 8.42 Å². The summed E-state index contributed by atoms with van der Waals surface area (Å²) in [5, 5.41) is 5.26. The molecular formula is C10H11BrN4O2S2. The van der Waals surface area contributed by atoms with E-state index in [1.807, 2.05) is 0 Å². The largest absolute Gasteiger partial charge is 0.372 e. The molecule has 102 valence electrons. The third-order valence-corrected chi connectivity index (χ3v) is 4.87. The van der Waals surface area contributed by atoms with E-state index >= 15 is 0 Å². The normalized spacial score (nSPS) is 11.5. The van der Waals surface area contributed by atoms with Crippen molar-refractivity contribution in [3.05, 3.63) is 33.3 Å². The average Bonchev–Trinajstić information content (AvgIpc) is 2.89. The first-order valence-corrected chi connectivity index (χ1v) is 8.40. The Morgan fingerprint density at radius 1 is 1.42 bits per heavy atom. The van der Waals surface area contributed by atoms with Gasteiger partial charge in [-0.2, -0.15) is 0 Å². The molecule has 0 amide bonds. The summed E-state index contributed by atoms with van der Waals surface area (Å²) in [4.78, 5) is 8.14. The van der Waals surface area contributed by atoms with E-state index in [9.17, 15) is 8.42 Å². The van der Waals surface area contributed by atoms with E-state index in [2.05, 4.69) is 35.9 Å². The van der Waals surface area contributed by atoms with Crippen molar-refractivity contribution in [1.29, 1.82) is 0 Å². The van der Waals surface area contributed by atoms with Gasteiger partial charge in [-0.15, -0.1) is 11.3 Å². The fraction of sp³-hybridized carbons (Fsp3) is 0.200. The van der Waals surface area contributed by atoms with Gasteiger partial charge < -0.3 is 5.32 Å². The van der Waals surface area contributed by atoms with Crippen molar-refractivity contribution >= 4 is 43.1 Å². The van der Waals surface area contributed by atoms with Gasteiger partial charge in [0.05, 0.1) is 6.54 Å². The monoisotopic (exact) mass is 362 g/mol. The number of aromatic nitrogens is 2. The van der Waals surface area contributed by atoms with E-state index in [-0.39, 0.29) is 11.4 Å². The van der Waals surface area contributed by atoms with Crippen LogP contribution in [0.3, 0.4) is 0 Å². The molecule has 0 fully saturated rings. The molecule has 0 aliphatic rings. The number of thiazole rings is 1. The van der Waals surface area contributed by atoms with Crippen LogP contribution >= 0.6 is 27.3 Å². The maximum atomic E-state index is 12.2. The van der Waals surface area contributed by atoms with Gasteiger partial charge >= 0.3 is 0 Å². The van der Waals surface area contributed by atoms with E-state index in [1.165, 1.54) is 23.6 Å². The number of sulfonamides is 1. The molecule has 0 atom stereocenters. The smallest absolute Gasteiger partial charge is 0.244 e. The summed E-state index contributed by atoms with van der Waals surface area (Å²) in [5.74, 6) is 0.301. The Labute approximate surface area is 123 Å². The van der Waals surface area contributed by atoms with Crippen LogP contribution in [-0.2, 0) is 16.6 Å². The number of halogens is 1. The molecule has 2 N–H and O–H groups in total. The van der Waals surface area contributed by atoms with Gasteiger partial charge in [0.2, 0.25) is 10.0 Å². The number of anilines is 1. The molecule has 2 aromatic rings. The van der Waals surface area contributed by atoms with Crippen LogP contribution in [0.15, 0.2) is 33.2 Å². The van der Waals surface area contributed by atoms with Gasteiger partial charge in [0.1, 0.15) is 15.7 Å². The summed E-state index contributed by atoms with van der Waals surface area (Å²) in [5.41, 5.74) is 0. The first-order valence-electron chi connectivity index (χ1n) is 5.24. The molecule has 0 saturated heterocycles. The number of hydrogen-bond donors (Lipinski definition) is 2. The highest BCUT2D eigenvalue weighted by molar-refractivity contribution is 9.10. The van der Waals surface area contributed by atoms with Crippen LogP contribution in [0.25, 0.3) is 0 Å². The van der Waals surface area contributed by atoms with E-state index in [1.54, 1.807) is 18.6 Å². The second kappa shape index (κ2) is 5.95. The first kappa shape index (κ1) is 14.4. The number of nitrogens with one attached hydrogen (secondary N) is 2. The standard InChI is InChI=1S/C10H11BrN4O2S2/c1-12-10-8(4-7(11)5-14-10)19(16,17)15-6-9-13-2-3-18-9/h2-5,15H,6H2,1H3,(H,12,14). The van der Waals surface area contributed by atoms with Crippen LogP contribution in [0.5, 0.6) is 0 Å². The van der Waals surface area contributed by atoms with E-state index in [0.29, 0.717) is 15.3 Å². The highest BCUT2D eigenvalue weighted by Crippen LogP contribution is 2.22. The SMILES string of the molecule is CNc1ncc(Br)cc1S(=O)(=O)NCc1nccs1. The van der Waals surface area contributed by atoms with E-state index in [0.717, 1.165) is 0 Å². The lowest BCUT2D eigenvalue weighted by atomic mass is 10.4. The summed E-state index contributed by atoms with van der Waals surface area (Å²) in [6.45, 7) is 0.162. The molecule has 0 bridgehead atoms. The van der Waals surface area contributed by atoms with Crippen LogP contribution in [0, 0.1) is 0 Å². The maximum Gasteiger partial charge on any atom is 0.244 e. The van der Waals surface area contributed by atoms with Gasteiger partial charge in [0.15, 0.2) is 0 Å². The van der Waals surface area contributed by atoms with Crippen molar-refractivity contribution in [3.63, 3.8) is 0 Å². The molecule has 0 aromatic carbocycles. The molecule has 0 saturated carbocycles. The lowest BCUT2D eigenvalue weighted by Crippen LogP contribution is -2.24. The van der Waals surface area contributed by atoms with Crippen LogP contribution in [0.1, 0.15) is 5.01 Å². The topological polar surface area (TPSA) is 84.0 Å². The second-order valence-electron chi connectivity index (χ2n) is 3.50. The zero-order chi connectivity index (χ0) is 13.9. The lowest BCUT2D eigenvalue weighted by Gasteiger charge is -2.10. The summed E-state index contributed by atoms with van der Waals surface area (Å²) in [6.07, 6.45) is 3.17. The van der Waals surface area contributed by atoms with E-state index < -0.39 is 10.0 Å². The highest BCUT2D eigenvalue weighted by atomic mass is 79.9. The third-order valence-electron chi connectivity index (χ3n) is 2.24. The maximum absolute atomic E-state index is 12.2. The molecular weight excluding hydrogens is 352 g/mol. The Morgan fingerprint density at radius 3 is 2.84 bits per heavy atom. The number of hydrogen-bond acceptors (Lipinski definition) is 6. The third kappa shape index (κ3) is 3.50. The number of nitrogens with zero attached hydrogens (tertiary/aromatic N) is 2. The molecule has 6 nitrogen and oxygen atoms in total. The Hall–Kier alpha value is -1.03. The summed E-state index contributed by atoms with van der Waals surface area (Å²) in [7, 11) is -2.02. The van der Waals surface area contributed by atoms with Crippen molar-refractivity contribution in [1.82, 2.24) is 14.7 Å². The minimum absolute atomic E-state index is 0.0981. The summed E-state index contributed by atoms with van der Waals surface area (Å²) >= 11 is 4.61. The van der Waals surface area contributed by atoms with Gasteiger partial charge in [-0.05, 0) is 22.0 Å². The Balaban J connectivity index is 2.26. The fourth-order valence-electron chi connectivity index (χ4n) is 1.39. The Bertz CT molecular complexity index is 658. The van der Waals surface area contributed by atoms with Crippen molar-refractivity contribution in [2.24, 2.45) is 0 Å². The first-order chi connectivity index (χ1) is 9.03. The zero-order valence-electron chi connectivity index (χ0n) is 9.92. The predicted molar refractivity (Wildman–Crippen MR) is 77.6 cm³/mol. The van der Waals surface area contributed by atoms with Crippen LogP contribution < -0.4 is 10.0 Å². The predicted octanol–water partition coefficient (Wildman–Crippen LogP) is 1.82. The average molecular weight is 363 g/mol. The van der Waals surface area contributed by atoms with Gasteiger partial charge in [0.25, 0.3) is 0 Å². The zero-order valence-corrected chi connectivity index (χ0v) is 13.1. The molecule has 2 heterocycles. The molecule has 2 rings (SSSR count). The van der Waals surface area contributed by atoms with Crippen LogP contribution in [-0.4, -0.2) is 25.4 Å². The molecule has 0 spiro atoms.